The predicted molar refractivity (Wildman–Crippen MR) is 116 cm³/mol. The van der Waals surface area contributed by atoms with Crippen molar-refractivity contribution in [1.82, 2.24) is 20.4 Å². The summed E-state index contributed by atoms with van der Waals surface area (Å²) in [4.78, 5) is 27.0. The summed E-state index contributed by atoms with van der Waals surface area (Å²) < 4.78 is 18.0. The number of ether oxygens (including phenoxy) is 2. The lowest BCUT2D eigenvalue weighted by Crippen LogP contribution is -2.40. The average Bonchev–Trinajstić information content (AvgIpc) is 3.23. The number of carbonyl (C=O) groups is 2. The summed E-state index contributed by atoms with van der Waals surface area (Å²) in [6.45, 7) is 2.62. The zero-order valence-corrected chi connectivity index (χ0v) is 18.7. The summed E-state index contributed by atoms with van der Waals surface area (Å²) in [5, 5.41) is 10.8. The third-order valence-corrected chi connectivity index (χ3v) is 5.98. The number of aromatic nitrogens is 2. The van der Waals surface area contributed by atoms with Crippen molar-refractivity contribution in [2.45, 2.75) is 25.4 Å². The van der Waals surface area contributed by atoms with Gasteiger partial charge in [-0.15, -0.1) is 10.2 Å². The van der Waals surface area contributed by atoms with Crippen molar-refractivity contribution in [3.63, 3.8) is 0 Å². The Labute approximate surface area is 191 Å². The summed E-state index contributed by atoms with van der Waals surface area (Å²) >= 11 is 3.38. The zero-order valence-electron chi connectivity index (χ0n) is 17.1. The Kier molecular flexibility index (Phi) is 5.09. The fourth-order valence-electron chi connectivity index (χ4n) is 3.67. The van der Waals surface area contributed by atoms with Gasteiger partial charge in [-0.2, -0.15) is 0 Å². The van der Waals surface area contributed by atoms with Gasteiger partial charge in [0.25, 0.3) is 5.91 Å². The number of fused-ring (bicyclic) bond motifs is 1. The highest BCUT2D eigenvalue weighted by atomic mass is 79.9. The van der Waals surface area contributed by atoms with Crippen LogP contribution in [0.1, 0.15) is 24.8 Å². The Bertz CT molecular complexity index is 1200. The lowest BCUT2D eigenvalue weighted by atomic mass is 9.91. The Morgan fingerprint density at radius 1 is 1.06 bits per heavy atom. The van der Waals surface area contributed by atoms with Crippen LogP contribution in [0.2, 0.25) is 0 Å². The number of halogens is 1. The van der Waals surface area contributed by atoms with Crippen molar-refractivity contribution in [2.24, 2.45) is 0 Å². The largest absolute Gasteiger partial charge is 0.490 e. The molecule has 0 unspecified atom stereocenters. The number of hydrogen-bond acceptors (Lipinski definition) is 7. The second kappa shape index (κ2) is 7.94. The standard InChI is InChI=1S/C22H19BrN4O5/c1-22(14-5-8-16-17(11-14)31-10-2-9-30-16)20(28)27(21(29)24-22)12-18-25-26-19(32-18)13-3-6-15(23)7-4-13/h3-8,11H,2,9-10,12H2,1H3,(H,24,29)/t22-/m1/s1. The SMILES string of the molecule is C[C@]1(c2ccc3c(c2)OCCCO3)NC(=O)N(Cc2nnc(-c3ccc(Br)cc3)o2)C1=O. The third kappa shape index (κ3) is 3.60. The van der Waals surface area contributed by atoms with Crippen LogP contribution in [0.15, 0.2) is 51.4 Å². The molecule has 1 saturated heterocycles. The number of amides is 3. The number of carbonyl (C=O) groups excluding carboxylic acids is 2. The molecular weight excluding hydrogens is 480 g/mol. The molecule has 0 bridgehead atoms. The normalized spacial score (nSPS) is 20.2. The molecule has 10 heteroatoms. The van der Waals surface area contributed by atoms with Gasteiger partial charge in [0.1, 0.15) is 12.1 Å². The highest BCUT2D eigenvalue weighted by molar-refractivity contribution is 9.10. The fourth-order valence-corrected chi connectivity index (χ4v) is 3.94. The van der Waals surface area contributed by atoms with E-state index in [4.69, 9.17) is 13.9 Å². The van der Waals surface area contributed by atoms with Gasteiger partial charge in [-0.25, -0.2) is 4.79 Å². The molecule has 3 amide bonds. The van der Waals surface area contributed by atoms with E-state index < -0.39 is 17.5 Å². The molecule has 2 aromatic carbocycles. The fraction of sp³-hybridized carbons (Fsp3) is 0.273. The number of urea groups is 1. The van der Waals surface area contributed by atoms with Crippen LogP contribution in [0, 0.1) is 0 Å². The molecule has 164 valence electrons. The van der Waals surface area contributed by atoms with E-state index in [2.05, 4.69) is 31.4 Å². The van der Waals surface area contributed by atoms with Crippen molar-refractivity contribution >= 4 is 27.9 Å². The lowest BCUT2D eigenvalue weighted by Gasteiger charge is -2.23. The van der Waals surface area contributed by atoms with E-state index in [0.29, 0.717) is 36.2 Å². The molecule has 9 nitrogen and oxygen atoms in total. The minimum absolute atomic E-state index is 0.131. The highest BCUT2D eigenvalue weighted by Gasteiger charge is 2.49. The van der Waals surface area contributed by atoms with Crippen molar-refractivity contribution in [3.05, 3.63) is 58.4 Å². The van der Waals surface area contributed by atoms with E-state index in [1.165, 1.54) is 0 Å². The van der Waals surface area contributed by atoms with Crippen LogP contribution in [-0.4, -0.2) is 40.2 Å². The van der Waals surface area contributed by atoms with Gasteiger partial charge < -0.3 is 19.2 Å². The maximum Gasteiger partial charge on any atom is 0.325 e. The molecule has 0 spiro atoms. The summed E-state index contributed by atoms with van der Waals surface area (Å²) in [5.41, 5.74) is 0.0842. The van der Waals surface area contributed by atoms with Crippen molar-refractivity contribution in [3.8, 4) is 23.0 Å². The van der Waals surface area contributed by atoms with E-state index in [-0.39, 0.29) is 12.4 Å². The van der Waals surface area contributed by atoms with Gasteiger partial charge >= 0.3 is 6.03 Å². The Morgan fingerprint density at radius 3 is 2.59 bits per heavy atom. The molecule has 32 heavy (non-hydrogen) atoms. The van der Waals surface area contributed by atoms with Crippen LogP contribution in [0.25, 0.3) is 11.5 Å². The van der Waals surface area contributed by atoms with E-state index in [1.807, 2.05) is 24.3 Å². The van der Waals surface area contributed by atoms with Gasteiger partial charge in [-0.3, -0.25) is 9.69 Å². The maximum absolute atomic E-state index is 13.3. The maximum atomic E-state index is 13.3. The van der Waals surface area contributed by atoms with Crippen LogP contribution in [0.3, 0.4) is 0 Å². The van der Waals surface area contributed by atoms with E-state index in [1.54, 1.807) is 25.1 Å². The molecule has 2 aliphatic heterocycles. The van der Waals surface area contributed by atoms with Gasteiger partial charge in [0.2, 0.25) is 11.8 Å². The molecule has 0 aliphatic carbocycles. The highest BCUT2D eigenvalue weighted by Crippen LogP contribution is 2.37. The van der Waals surface area contributed by atoms with Crippen LogP contribution in [0.5, 0.6) is 11.5 Å². The molecule has 1 N–H and O–H groups in total. The molecule has 2 aliphatic rings. The van der Waals surface area contributed by atoms with E-state index in [0.717, 1.165) is 21.4 Å². The smallest absolute Gasteiger partial charge is 0.325 e. The van der Waals surface area contributed by atoms with Crippen molar-refractivity contribution in [2.75, 3.05) is 13.2 Å². The molecule has 3 aromatic rings. The number of hydrogen-bond donors (Lipinski definition) is 1. The minimum Gasteiger partial charge on any atom is -0.490 e. The van der Waals surface area contributed by atoms with Gasteiger partial charge in [-0.1, -0.05) is 22.0 Å². The molecule has 1 aromatic heterocycles. The Morgan fingerprint density at radius 2 is 1.81 bits per heavy atom. The van der Waals surface area contributed by atoms with Crippen molar-refractivity contribution < 1.29 is 23.5 Å². The second-order valence-electron chi connectivity index (χ2n) is 7.67. The number of nitrogens with one attached hydrogen (secondary N) is 1. The minimum atomic E-state index is -1.25. The van der Waals surface area contributed by atoms with Crippen LogP contribution in [0.4, 0.5) is 4.79 Å². The third-order valence-electron chi connectivity index (χ3n) is 5.45. The van der Waals surface area contributed by atoms with Gasteiger partial charge in [0.05, 0.1) is 13.2 Å². The Hall–Kier alpha value is -3.40. The molecule has 1 fully saturated rings. The quantitative estimate of drug-likeness (QED) is 0.547. The van der Waals surface area contributed by atoms with E-state index >= 15 is 0 Å². The van der Waals surface area contributed by atoms with Crippen LogP contribution < -0.4 is 14.8 Å². The number of imide groups is 1. The van der Waals surface area contributed by atoms with Gasteiger partial charge in [-0.05, 0) is 48.9 Å². The van der Waals surface area contributed by atoms with E-state index in [9.17, 15) is 9.59 Å². The van der Waals surface area contributed by atoms with Gasteiger partial charge in [0.15, 0.2) is 11.5 Å². The molecular formula is C22H19BrN4O5. The zero-order chi connectivity index (χ0) is 22.3. The topological polar surface area (TPSA) is 107 Å². The first-order chi connectivity index (χ1) is 15.4. The second-order valence-corrected chi connectivity index (χ2v) is 8.58. The summed E-state index contributed by atoms with van der Waals surface area (Å²) in [6.07, 6.45) is 0.775. The first kappa shape index (κ1) is 20.5. The summed E-state index contributed by atoms with van der Waals surface area (Å²) in [6, 6.07) is 12.1. The summed E-state index contributed by atoms with van der Waals surface area (Å²) in [7, 11) is 0. The van der Waals surface area contributed by atoms with Crippen LogP contribution in [-0.2, 0) is 16.9 Å². The molecule has 5 rings (SSSR count). The molecule has 0 saturated carbocycles. The average molecular weight is 499 g/mol. The monoisotopic (exact) mass is 498 g/mol. The Balaban J connectivity index is 1.37. The number of nitrogens with zero attached hydrogens (tertiary/aromatic N) is 3. The van der Waals surface area contributed by atoms with Crippen molar-refractivity contribution in [1.29, 1.82) is 0 Å². The lowest BCUT2D eigenvalue weighted by molar-refractivity contribution is -0.131. The molecule has 3 heterocycles. The number of rotatable bonds is 4. The van der Waals surface area contributed by atoms with Crippen LogP contribution >= 0.6 is 15.9 Å². The molecule has 0 radical (unpaired) electrons. The first-order valence-electron chi connectivity index (χ1n) is 10.1. The molecule has 1 atom stereocenters. The van der Waals surface area contributed by atoms with Gasteiger partial charge in [0, 0.05) is 16.5 Å². The first-order valence-corrected chi connectivity index (χ1v) is 10.9. The summed E-state index contributed by atoms with van der Waals surface area (Å²) in [5.74, 6) is 1.23. The number of benzene rings is 2. The predicted octanol–water partition coefficient (Wildman–Crippen LogP) is 3.63.